The lowest BCUT2D eigenvalue weighted by atomic mass is 10.1. The van der Waals surface area contributed by atoms with Crippen LogP contribution in [0, 0.1) is 5.82 Å². The third kappa shape index (κ3) is 3.58. The fraction of sp³-hybridized carbons (Fsp3) is 0.381. The van der Waals surface area contributed by atoms with Gasteiger partial charge in [-0.15, -0.1) is 0 Å². The summed E-state index contributed by atoms with van der Waals surface area (Å²) in [5, 5.41) is 2.86. The van der Waals surface area contributed by atoms with Crippen LogP contribution in [-0.2, 0) is 17.9 Å². The summed E-state index contributed by atoms with van der Waals surface area (Å²) in [6.07, 6.45) is 2.40. The van der Waals surface area contributed by atoms with E-state index in [0.29, 0.717) is 18.2 Å². The molecule has 2 aromatic rings. The second-order valence-electron chi connectivity index (χ2n) is 7.14. The van der Waals surface area contributed by atoms with E-state index in [-0.39, 0.29) is 18.3 Å². The molecule has 0 aliphatic carbocycles. The minimum Gasteiger partial charge on any atom is -0.360 e. The molecule has 0 saturated carbocycles. The molecule has 0 spiro atoms. The first-order valence-corrected chi connectivity index (χ1v) is 9.28. The Hall–Kier alpha value is -2.40. The molecule has 0 bridgehead atoms. The van der Waals surface area contributed by atoms with Gasteiger partial charge in [-0.25, -0.2) is 4.39 Å². The fourth-order valence-corrected chi connectivity index (χ4v) is 4.05. The molecule has 1 unspecified atom stereocenters. The van der Waals surface area contributed by atoms with Crippen molar-refractivity contribution < 1.29 is 9.18 Å². The SMILES string of the molecule is O=C(CN1CC2CCCN2Cc2ccccc21)NCc1ccccc1F. The van der Waals surface area contributed by atoms with Crippen LogP contribution in [0.25, 0.3) is 0 Å². The molecule has 26 heavy (non-hydrogen) atoms. The summed E-state index contributed by atoms with van der Waals surface area (Å²) in [6.45, 7) is 3.47. The highest BCUT2D eigenvalue weighted by Crippen LogP contribution is 2.31. The Morgan fingerprint density at radius 2 is 1.96 bits per heavy atom. The number of anilines is 1. The molecular formula is C21H24FN3O. The lowest BCUT2D eigenvalue weighted by Gasteiger charge is -2.27. The highest BCUT2D eigenvalue weighted by molar-refractivity contribution is 5.81. The van der Waals surface area contributed by atoms with Crippen molar-refractivity contribution >= 4 is 11.6 Å². The van der Waals surface area contributed by atoms with Crippen LogP contribution in [0.5, 0.6) is 0 Å². The molecule has 2 aliphatic heterocycles. The lowest BCUT2D eigenvalue weighted by molar-refractivity contribution is -0.119. The average Bonchev–Trinajstić information content (AvgIpc) is 3.02. The summed E-state index contributed by atoms with van der Waals surface area (Å²) in [5.41, 5.74) is 2.93. The Kier molecular flexibility index (Phi) is 4.89. The van der Waals surface area contributed by atoms with Gasteiger partial charge in [-0.05, 0) is 37.1 Å². The third-order valence-corrected chi connectivity index (χ3v) is 5.40. The van der Waals surface area contributed by atoms with Gasteiger partial charge >= 0.3 is 0 Å². The van der Waals surface area contributed by atoms with E-state index in [1.165, 1.54) is 24.5 Å². The van der Waals surface area contributed by atoms with Gasteiger partial charge in [0.1, 0.15) is 5.82 Å². The van der Waals surface area contributed by atoms with Crippen molar-refractivity contribution in [2.45, 2.75) is 32.0 Å². The number of hydrogen-bond donors (Lipinski definition) is 1. The minimum absolute atomic E-state index is 0.0745. The van der Waals surface area contributed by atoms with Crippen LogP contribution in [0.15, 0.2) is 48.5 Å². The summed E-state index contributed by atoms with van der Waals surface area (Å²) in [4.78, 5) is 17.2. The Morgan fingerprint density at radius 3 is 2.85 bits per heavy atom. The Bertz CT molecular complexity index is 794. The van der Waals surface area contributed by atoms with Crippen molar-refractivity contribution in [2.75, 3.05) is 24.5 Å². The van der Waals surface area contributed by atoms with Crippen LogP contribution in [0.2, 0.25) is 0 Å². The fourth-order valence-electron chi connectivity index (χ4n) is 4.05. The maximum Gasteiger partial charge on any atom is 0.239 e. The largest absolute Gasteiger partial charge is 0.360 e. The Balaban J connectivity index is 1.46. The topological polar surface area (TPSA) is 35.6 Å². The van der Waals surface area contributed by atoms with Crippen molar-refractivity contribution in [1.29, 1.82) is 0 Å². The van der Waals surface area contributed by atoms with Gasteiger partial charge in [0.05, 0.1) is 6.54 Å². The molecule has 2 aliphatic rings. The van der Waals surface area contributed by atoms with Crippen molar-refractivity contribution in [2.24, 2.45) is 0 Å². The maximum atomic E-state index is 13.7. The number of carbonyl (C=O) groups excluding carboxylic acids is 1. The van der Waals surface area contributed by atoms with Crippen molar-refractivity contribution in [3.63, 3.8) is 0 Å². The number of fused-ring (bicyclic) bond motifs is 2. The standard InChI is InChI=1S/C21H24FN3O/c22-19-9-3-1-6-16(19)12-23-21(26)15-25-14-18-8-5-11-24(18)13-17-7-2-4-10-20(17)25/h1-4,6-7,9-10,18H,5,8,11-15H2,(H,23,26). The van der Waals surface area contributed by atoms with Crippen molar-refractivity contribution in [3.05, 3.63) is 65.5 Å². The van der Waals surface area contributed by atoms with Gasteiger partial charge in [-0.2, -0.15) is 0 Å². The van der Waals surface area contributed by atoms with Gasteiger partial charge in [0, 0.05) is 36.9 Å². The molecule has 0 aromatic heterocycles. The zero-order valence-electron chi connectivity index (χ0n) is 14.8. The third-order valence-electron chi connectivity index (χ3n) is 5.40. The predicted molar refractivity (Wildman–Crippen MR) is 100 cm³/mol. The molecular weight excluding hydrogens is 329 g/mol. The smallest absolute Gasteiger partial charge is 0.239 e. The van der Waals surface area contributed by atoms with Gasteiger partial charge in [-0.1, -0.05) is 36.4 Å². The first kappa shape index (κ1) is 17.0. The van der Waals surface area contributed by atoms with Gasteiger partial charge in [0.25, 0.3) is 0 Å². The zero-order chi connectivity index (χ0) is 17.9. The van der Waals surface area contributed by atoms with Crippen molar-refractivity contribution in [3.8, 4) is 0 Å². The first-order chi connectivity index (χ1) is 12.7. The van der Waals surface area contributed by atoms with Crippen LogP contribution in [-0.4, -0.2) is 36.5 Å². The van der Waals surface area contributed by atoms with E-state index in [0.717, 1.165) is 25.3 Å². The molecule has 5 heteroatoms. The number of rotatable bonds is 4. The van der Waals surface area contributed by atoms with Gasteiger partial charge in [-0.3, -0.25) is 9.69 Å². The quantitative estimate of drug-likeness (QED) is 0.918. The normalized spacial score (nSPS) is 19.6. The zero-order valence-corrected chi connectivity index (χ0v) is 14.8. The molecule has 4 rings (SSSR count). The summed E-state index contributed by atoms with van der Waals surface area (Å²) >= 11 is 0. The molecule has 1 fully saturated rings. The molecule has 1 atom stereocenters. The van der Waals surface area contributed by atoms with Gasteiger partial charge in [0.15, 0.2) is 0 Å². The van der Waals surface area contributed by atoms with Crippen LogP contribution < -0.4 is 10.2 Å². The van der Waals surface area contributed by atoms with E-state index in [1.54, 1.807) is 18.2 Å². The van der Waals surface area contributed by atoms with E-state index < -0.39 is 0 Å². The van der Waals surface area contributed by atoms with Gasteiger partial charge in [0.2, 0.25) is 5.91 Å². The molecule has 4 nitrogen and oxygen atoms in total. The number of para-hydroxylation sites is 1. The highest BCUT2D eigenvalue weighted by Gasteiger charge is 2.31. The van der Waals surface area contributed by atoms with E-state index in [9.17, 15) is 9.18 Å². The first-order valence-electron chi connectivity index (χ1n) is 9.28. The van der Waals surface area contributed by atoms with Crippen LogP contribution in [0.4, 0.5) is 10.1 Å². The summed E-state index contributed by atoms with van der Waals surface area (Å²) in [5.74, 6) is -0.357. The van der Waals surface area contributed by atoms with Crippen molar-refractivity contribution in [1.82, 2.24) is 10.2 Å². The van der Waals surface area contributed by atoms with Gasteiger partial charge < -0.3 is 10.2 Å². The van der Waals surface area contributed by atoms with Crippen LogP contribution in [0.1, 0.15) is 24.0 Å². The van der Waals surface area contributed by atoms with E-state index in [4.69, 9.17) is 0 Å². The number of halogens is 1. The number of nitrogens with zero attached hydrogens (tertiary/aromatic N) is 2. The van der Waals surface area contributed by atoms with E-state index in [1.807, 2.05) is 6.07 Å². The highest BCUT2D eigenvalue weighted by atomic mass is 19.1. The minimum atomic E-state index is -0.283. The summed E-state index contributed by atoms with van der Waals surface area (Å²) in [7, 11) is 0. The molecule has 2 heterocycles. The van der Waals surface area contributed by atoms with Crippen LogP contribution in [0.3, 0.4) is 0 Å². The molecule has 1 saturated heterocycles. The lowest BCUT2D eigenvalue weighted by Crippen LogP contribution is -2.42. The molecule has 2 aromatic carbocycles. The maximum absolute atomic E-state index is 13.7. The summed E-state index contributed by atoms with van der Waals surface area (Å²) < 4.78 is 13.7. The number of amides is 1. The predicted octanol–water partition coefficient (Wildman–Crippen LogP) is 2.93. The molecule has 1 N–H and O–H groups in total. The number of hydrogen-bond acceptors (Lipinski definition) is 3. The Labute approximate surface area is 153 Å². The second-order valence-corrected chi connectivity index (χ2v) is 7.14. The number of carbonyl (C=O) groups is 1. The second kappa shape index (κ2) is 7.46. The molecule has 136 valence electrons. The molecule has 0 radical (unpaired) electrons. The monoisotopic (exact) mass is 353 g/mol. The van der Waals surface area contributed by atoms with E-state index >= 15 is 0 Å². The number of benzene rings is 2. The Morgan fingerprint density at radius 1 is 1.15 bits per heavy atom. The summed E-state index contributed by atoms with van der Waals surface area (Å²) in [6, 6.07) is 15.4. The van der Waals surface area contributed by atoms with Crippen LogP contribution >= 0.6 is 0 Å². The average molecular weight is 353 g/mol. The number of nitrogens with one attached hydrogen (secondary N) is 1. The molecule has 1 amide bonds. The van der Waals surface area contributed by atoms with E-state index in [2.05, 4.69) is 33.3 Å².